The minimum atomic E-state index is -3.62. The monoisotopic (exact) mass is 425 g/mol. The average molecular weight is 426 g/mol. The van der Waals surface area contributed by atoms with E-state index in [1.54, 1.807) is 7.11 Å². The average Bonchev–Trinajstić information content (AvgIpc) is 2.63. The highest BCUT2D eigenvalue weighted by Crippen LogP contribution is 2.26. The number of hydrogen-bond acceptors (Lipinski definition) is 5. The molecule has 0 aliphatic rings. The van der Waals surface area contributed by atoms with Crippen LogP contribution in [0.5, 0.6) is 5.75 Å². The lowest BCUT2D eigenvalue weighted by molar-refractivity contribution is -0.117. The Morgan fingerprint density at radius 1 is 1.14 bits per heavy atom. The maximum atomic E-state index is 12.4. The zero-order valence-corrected chi connectivity index (χ0v) is 17.8. The second-order valence-electron chi connectivity index (χ2n) is 6.50. The number of likely N-dealkylation sites (N-methyl/N-ethyl adjacent to an activating group) is 1. The lowest BCUT2D eigenvalue weighted by Crippen LogP contribution is -2.30. The van der Waals surface area contributed by atoms with Crippen LogP contribution in [0, 0.1) is 0 Å². The summed E-state index contributed by atoms with van der Waals surface area (Å²) in [7, 11) is 2.67. The molecule has 28 heavy (non-hydrogen) atoms. The van der Waals surface area contributed by atoms with Gasteiger partial charge >= 0.3 is 0 Å². The van der Waals surface area contributed by atoms with Gasteiger partial charge in [-0.15, -0.1) is 0 Å². The van der Waals surface area contributed by atoms with Crippen LogP contribution in [-0.4, -0.2) is 58.3 Å². The first kappa shape index (κ1) is 22.2. The Hall–Kier alpha value is -2.13. The minimum absolute atomic E-state index is 0.0573. The number of benzene rings is 2. The Morgan fingerprint density at radius 3 is 2.50 bits per heavy atom. The molecule has 0 heterocycles. The van der Waals surface area contributed by atoms with E-state index in [0.29, 0.717) is 6.54 Å². The van der Waals surface area contributed by atoms with E-state index in [9.17, 15) is 13.2 Å². The molecule has 0 saturated heterocycles. The standard InChI is InChI=1S/C19H24ClN3O4S/c1-22(2)28(25,26)16-8-9-17(20)18(11-16)21-19(24)13-23(3)12-14-6-5-7-15(10-14)27-4/h5-11H,12-13H2,1-4H3,(H,21,24). The summed E-state index contributed by atoms with van der Waals surface area (Å²) in [6.07, 6.45) is 0. The van der Waals surface area contributed by atoms with Gasteiger partial charge in [-0.05, 0) is 42.9 Å². The smallest absolute Gasteiger partial charge is 0.242 e. The van der Waals surface area contributed by atoms with Gasteiger partial charge in [-0.1, -0.05) is 23.7 Å². The maximum Gasteiger partial charge on any atom is 0.242 e. The van der Waals surface area contributed by atoms with Crippen molar-refractivity contribution in [1.82, 2.24) is 9.21 Å². The zero-order valence-electron chi connectivity index (χ0n) is 16.3. The lowest BCUT2D eigenvalue weighted by atomic mass is 10.2. The SMILES string of the molecule is COc1cccc(CN(C)CC(=O)Nc2cc(S(=O)(=O)N(C)C)ccc2Cl)c1. The molecule has 2 aromatic rings. The van der Waals surface area contributed by atoms with Crippen LogP contribution in [0.1, 0.15) is 5.56 Å². The third kappa shape index (κ3) is 5.68. The molecule has 7 nitrogen and oxygen atoms in total. The molecule has 1 amide bonds. The number of nitrogens with one attached hydrogen (secondary N) is 1. The molecule has 0 spiro atoms. The van der Waals surface area contributed by atoms with E-state index in [1.807, 2.05) is 36.2 Å². The highest BCUT2D eigenvalue weighted by atomic mass is 35.5. The van der Waals surface area contributed by atoms with Gasteiger partial charge in [-0.25, -0.2) is 12.7 Å². The van der Waals surface area contributed by atoms with Crippen LogP contribution < -0.4 is 10.1 Å². The molecule has 0 aliphatic heterocycles. The summed E-state index contributed by atoms with van der Waals surface area (Å²) < 4.78 is 30.8. The molecule has 2 rings (SSSR count). The number of ether oxygens (including phenoxy) is 1. The Bertz CT molecular complexity index is 948. The molecular weight excluding hydrogens is 402 g/mol. The molecule has 0 saturated carbocycles. The number of sulfonamides is 1. The molecule has 9 heteroatoms. The topological polar surface area (TPSA) is 79.0 Å². The van der Waals surface area contributed by atoms with Crippen LogP contribution in [0.25, 0.3) is 0 Å². The Kier molecular flexibility index (Phi) is 7.42. The summed E-state index contributed by atoms with van der Waals surface area (Å²) in [6, 6.07) is 11.8. The second kappa shape index (κ2) is 9.38. The van der Waals surface area contributed by atoms with Gasteiger partial charge in [0.25, 0.3) is 0 Å². The van der Waals surface area contributed by atoms with Crippen LogP contribution in [-0.2, 0) is 21.4 Å². The predicted molar refractivity (Wildman–Crippen MR) is 110 cm³/mol. The first-order valence-corrected chi connectivity index (χ1v) is 10.3. The van der Waals surface area contributed by atoms with Gasteiger partial charge in [0.1, 0.15) is 5.75 Å². The van der Waals surface area contributed by atoms with Gasteiger partial charge < -0.3 is 10.1 Å². The first-order chi connectivity index (χ1) is 13.1. The fourth-order valence-electron chi connectivity index (χ4n) is 2.54. The van der Waals surface area contributed by atoms with Crippen LogP contribution in [0.2, 0.25) is 5.02 Å². The molecule has 0 aromatic heterocycles. The number of nitrogens with zero attached hydrogens (tertiary/aromatic N) is 2. The van der Waals surface area contributed by atoms with Crippen molar-refractivity contribution >= 4 is 33.2 Å². The third-order valence-corrected chi connectivity index (χ3v) is 6.13. The van der Waals surface area contributed by atoms with Crippen molar-refractivity contribution in [3.8, 4) is 5.75 Å². The molecule has 152 valence electrons. The number of carbonyl (C=O) groups excluding carboxylic acids is 1. The van der Waals surface area contributed by atoms with Crippen molar-refractivity contribution in [3.63, 3.8) is 0 Å². The highest BCUT2D eigenvalue weighted by molar-refractivity contribution is 7.89. The van der Waals surface area contributed by atoms with Gasteiger partial charge in [0.15, 0.2) is 0 Å². The van der Waals surface area contributed by atoms with Crippen molar-refractivity contribution in [3.05, 3.63) is 53.1 Å². The summed E-state index contributed by atoms with van der Waals surface area (Å²) >= 11 is 6.12. The minimum Gasteiger partial charge on any atom is -0.497 e. The van der Waals surface area contributed by atoms with Gasteiger partial charge in [-0.3, -0.25) is 9.69 Å². The molecule has 0 fully saturated rings. The van der Waals surface area contributed by atoms with E-state index < -0.39 is 10.0 Å². The van der Waals surface area contributed by atoms with Crippen molar-refractivity contribution in [2.24, 2.45) is 0 Å². The summed E-state index contributed by atoms with van der Waals surface area (Å²) in [6.45, 7) is 0.658. The number of carbonyl (C=O) groups is 1. The predicted octanol–water partition coefficient (Wildman–Crippen LogP) is 2.67. The third-order valence-electron chi connectivity index (χ3n) is 3.99. The molecule has 0 atom stereocenters. The van der Waals surface area contributed by atoms with Crippen molar-refractivity contribution in [2.75, 3.05) is 40.1 Å². The number of halogens is 1. The summed E-state index contributed by atoms with van der Waals surface area (Å²) in [5.41, 5.74) is 1.26. The lowest BCUT2D eigenvalue weighted by Gasteiger charge is -2.18. The fraction of sp³-hybridized carbons (Fsp3) is 0.316. The molecule has 1 N–H and O–H groups in total. The van der Waals surface area contributed by atoms with E-state index in [4.69, 9.17) is 16.3 Å². The van der Waals surface area contributed by atoms with Crippen molar-refractivity contribution in [2.45, 2.75) is 11.4 Å². The van der Waals surface area contributed by atoms with Crippen molar-refractivity contribution < 1.29 is 17.9 Å². The van der Waals surface area contributed by atoms with Gasteiger partial charge in [0, 0.05) is 20.6 Å². The van der Waals surface area contributed by atoms with Crippen LogP contribution in [0.4, 0.5) is 5.69 Å². The van der Waals surface area contributed by atoms with Gasteiger partial charge in [0.05, 0.1) is 29.3 Å². The number of rotatable bonds is 8. The van der Waals surface area contributed by atoms with E-state index in [1.165, 1.54) is 32.3 Å². The van der Waals surface area contributed by atoms with Crippen LogP contribution in [0.3, 0.4) is 0 Å². The Balaban J connectivity index is 2.06. The molecule has 0 unspecified atom stereocenters. The maximum absolute atomic E-state index is 12.4. The highest BCUT2D eigenvalue weighted by Gasteiger charge is 2.19. The van der Waals surface area contributed by atoms with E-state index in [0.717, 1.165) is 15.6 Å². The second-order valence-corrected chi connectivity index (χ2v) is 9.06. The number of anilines is 1. The van der Waals surface area contributed by atoms with Crippen LogP contribution >= 0.6 is 11.6 Å². The molecule has 0 bridgehead atoms. The summed E-state index contributed by atoms with van der Waals surface area (Å²) in [4.78, 5) is 14.3. The zero-order chi connectivity index (χ0) is 20.9. The Morgan fingerprint density at radius 2 is 1.86 bits per heavy atom. The molecule has 0 aliphatic carbocycles. The van der Waals surface area contributed by atoms with Gasteiger partial charge in [-0.2, -0.15) is 0 Å². The van der Waals surface area contributed by atoms with E-state index in [2.05, 4.69) is 5.32 Å². The van der Waals surface area contributed by atoms with Gasteiger partial charge in [0.2, 0.25) is 15.9 Å². The normalized spacial score (nSPS) is 11.7. The summed E-state index contributed by atoms with van der Waals surface area (Å²) in [5, 5.41) is 2.95. The van der Waals surface area contributed by atoms with Crippen molar-refractivity contribution in [1.29, 1.82) is 0 Å². The number of methoxy groups -OCH3 is 1. The van der Waals surface area contributed by atoms with E-state index in [-0.39, 0.29) is 28.1 Å². The number of hydrogen-bond donors (Lipinski definition) is 1. The Labute approximate surface area is 170 Å². The molecular formula is C19H24ClN3O4S. The number of amides is 1. The first-order valence-electron chi connectivity index (χ1n) is 8.47. The molecule has 2 aromatic carbocycles. The molecule has 0 radical (unpaired) electrons. The summed E-state index contributed by atoms with van der Waals surface area (Å²) in [5.74, 6) is 0.452. The van der Waals surface area contributed by atoms with Crippen LogP contribution in [0.15, 0.2) is 47.4 Å². The largest absolute Gasteiger partial charge is 0.497 e. The quantitative estimate of drug-likeness (QED) is 0.703. The fourth-order valence-corrected chi connectivity index (χ4v) is 3.64. The van der Waals surface area contributed by atoms with E-state index >= 15 is 0 Å².